The van der Waals surface area contributed by atoms with Gasteiger partial charge >= 0.3 is 0 Å². The van der Waals surface area contributed by atoms with E-state index in [1.165, 1.54) is 0 Å². The standard InChI is InChI=1S/C20H25NO6/c1-23-16-12-14(13-17-19(16)25-9-8-24-17)2-3-18(22)21-6-4-15(5-7-21)20-26-10-11-27-20/h2-3,12-13,15,20H,4-11H2,1H3/b3-2+. The van der Waals surface area contributed by atoms with Crippen LogP contribution >= 0.6 is 0 Å². The minimum Gasteiger partial charge on any atom is -0.493 e. The second-order valence-electron chi connectivity index (χ2n) is 6.85. The number of carbonyl (C=O) groups is 1. The van der Waals surface area contributed by atoms with Crippen LogP contribution < -0.4 is 14.2 Å². The fourth-order valence-corrected chi connectivity index (χ4v) is 3.70. The highest BCUT2D eigenvalue weighted by molar-refractivity contribution is 5.92. The molecule has 0 aromatic heterocycles. The summed E-state index contributed by atoms with van der Waals surface area (Å²) >= 11 is 0. The van der Waals surface area contributed by atoms with Crippen LogP contribution in [0.5, 0.6) is 17.2 Å². The van der Waals surface area contributed by atoms with Crippen molar-refractivity contribution in [1.29, 1.82) is 0 Å². The Hall–Kier alpha value is -2.25. The zero-order valence-electron chi connectivity index (χ0n) is 15.5. The molecule has 7 heteroatoms. The number of methoxy groups -OCH3 is 1. The number of amides is 1. The second-order valence-corrected chi connectivity index (χ2v) is 6.85. The molecule has 0 spiro atoms. The molecule has 0 radical (unpaired) electrons. The number of piperidine rings is 1. The van der Waals surface area contributed by atoms with Crippen molar-refractivity contribution in [2.75, 3.05) is 46.6 Å². The van der Waals surface area contributed by atoms with E-state index in [0.717, 1.165) is 31.5 Å². The number of hydrogen-bond donors (Lipinski definition) is 0. The van der Waals surface area contributed by atoms with Crippen LogP contribution in [0.2, 0.25) is 0 Å². The second kappa shape index (κ2) is 8.19. The van der Waals surface area contributed by atoms with Crippen LogP contribution in [0.15, 0.2) is 18.2 Å². The Kier molecular flexibility index (Phi) is 5.50. The van der Waals surface area contributed by atoms with Crippen molar-refractivity contribution < 1.29 is 28.5 Å². The first-order chi connectivity index (χ1) is 13.2. The smallest absolute Gasteiger partial charge is 0.246 e. The third kappa shape index (κ3) is 4.04. The fraction of sp³-hybridized carbons (Fsp3) is 0.550. The zero-order chi connectivity index (χ0) is 18.6. The topological polar surface area (TPSA) is 66.5 Å². The number of carbonyl (C=O) groups excluding carboxylic acids is 1. The first-order valence-corrected chi connectivity index (χ1v) is 9.42. The van der Waals surface area contributed by atoms with Crippen LogP contribution in [0.4, 0.5) is 0 Å². The molecule has 1 aromatic rings. The predicted octanol–water partition coefficient (Wildman–Crippen LogP) is 2.09. The van der Waals surface area contributed by atoms with Crippen molar-refractivity contribution in [3.8, 4) is 17.2 Å². The molecule has 4 rings (SSSR count). The van der Waals surface area contributed by atoms with Crippen molar-refractivity contribution >= 4 is 12.0 Å². The normalized spacial score (nSPS) is 21.0. The summed E-state index contributed by atoms with van der Waals surface area (Å²) in [4.78, 5) is 14.4. The average Bonchev–Trinajstić information content (AvgIpc) is 3.26. The molecule has 3 aliphatic rings. The summed E-state index contributed by atoms with van der Waals surface area (Å²) in [5.41, 5.74) is 0.840. The van der Waals surface area contributed by atoms with Gasteiger partial charge < -0.3 is 28.6 Å². The Morgan fingerprint density at radius 2 is 1.85 bits per heavy atom. The molecule has 1 amide bonds. The lowest BCUT2D eigenvalue weighted by atomic mass is 9.96. The molecule has 2 saturated heterocycles. The quantitative estimate of drug-likeness (QED) is 0.751. The van der Waals surface area contributed by atoms with Gasteiger partial charge in [0.15, 0.2) is 17.8 Å². The molecule has 0 N–H and O–H groups in total. The van der Waals surface area contributed by atoms with E-state index in [4.69, 9.17) is 23.7 Å². The van der Waals surface area contributed by atoms with Gasteiger partial charge in [0.05, 0.1) is 20.3 Å². The lowest BCUT2D eigenvalue weighted by Gasteiger charge is -2.33. The molecule has 7 nitrogen and oxygen atoms in total. The summed E-state index contributed by atoms with van der Waals surface area (Å²) in [5, 5.41) is 0. The molecular formula is C20H25NO6. The first kappa shape index (κ1) is 18.1. The molecular weight excluding hydrogens is 350 g/mol. The minimum absolute atomic E-state index is 0.00978. The van der Waals surface area contributed by atoms with Crippen LogP contribution in [0.1, 0.15) is 18.4 Å². The van der Waals surface area contributed by atoms with Crippen molar-refractivity contribution in [3.05, 3.63) is 23.8 Å². The molecule has 0 unspecified atom stereocenters. The van der Waals surface area contributed by atoms with Crippen molar-refractivity contribution in [3.63, 3.8) is 0 Å². The number of fused-ring (bicyclic) bond motifs is 1. The van der Waals surface area contributed by atoms with Gasteiger partial charge in [0.2, 0.25) is 11.7 Å². The Labute approximate surface area is 158 Å². The van der Waals surface area contributed by atoms with Gasteiger partial charge in [-0.05, 0) is 36.6 Å². The van der Waals surface area contributed by atoms with Gasteiger partial charge in [-0.15, -0.1) is 0 Å². The number of rotatable bonds is 4. The summed E-state index contributed by atoms with van der Waals surface area (Å²) in [7, 11) is 1.59. The third-order valence-corrected chi connectivity index (χ3v) is 5.15. The Morgan fingerprint density at radius 3 is 2.59 bits per heavy atom. The number of likely N-dealkylation sites (tertiary alicyclic amines) is 1. The van der Waals surface area contributed by atoms with E-state index in [-0.39, 0.29) is 12.2 Å². The molecule has 146 valence electrons. The molecule has 2 fully saturated rings. The molecule has 27 heavy (non-hydrogen) atoms. The average molecular weight is 375 g/mol. The lowest BCUT2D eigenvalue weighted by Crippen LogP contribution is -2.40. The lowest BCUT2D eigenvalue weighted by molar-refractivity contribution is -0.131. The summed E-state index contributed by atoms with van der Waals surface area (Å²) in [6, 6.07) is 3.71. The van der Waals surface area contributed by atoms with E-state index in [0.29, 0.717) is 49.6 Å². The van der Waals surface area contributed by atoms with Crippen LogP contribution in [0, 0.1) is 5.92 Å². The van der Waals surface area contributed by atoms with Gasteiger partial charge in [0, 0.05) is 25.1 Å². The van der Waals surface area contributed by atoms with Crippen LogP contribution in [0.3, 0.4) is 0 Å². The Balaban J connectivity index is 1.37. The molecule has 0 saturated carbocycles. The minimum atomic E-state index is -0.0945. The number of hydrogen-bond acceptors (Lipinski definition) is 6. The van der Waals surface area contributed by atoms with Crippen LogP contribution in [-0.2, 0) is 14.3 Å². The van der Waals surface area contributed by atoms with Crippen LogP contribution in [0.25, 0.3) is 6.08 Å². The third-order valence-electron chi connectivity index (χ3n) is 5.15. The monoisotopic (exact) mass is 375 g/mol. The zero-order valence-corrected chi connectivity index (χ0v) is 15.5. The van der Waals surface area contributed by atoms with Gasteiger partial charge in [0.25, 0.3) is 0 Å². The van der Waals surface area contributed by atoms with Gasteiger partial charge in [-0.25, -0.2) is 0 Å². The van der Waals surface area contributed by atoms with E-state index in [9.17, 15) is 4.79 Å². The molecule has 0 aliphatic carbocycles. The molecule has 0 bridgehead atoms. The van der Waals surface area contributed by atoms with E-state index < -0.39 is 0 Å². The number of ether oxygens (including phenoxy) is 5. The maximum atomic E-state index is 12.5. The van der Waals surface area contributed by atoms with Crippen LogP contribution in [-0.4, -0.2) is 63.7 Å². The highest BCUT2D eigenvalue weighted by atomic mass is 16.7. The summed E-state index contributed by atoms with van der Waals surface area (Å²) < 4.78 is 27.8. The molecule has 3 aliphatic heterocycles. The number of benzene rings is 1. The fourth-order valence-electron chi connectivity index (χ4n) is 3.70. The maximum Gasteiger partial charge on any atom is 0.246 e. The van der Waals surface area contributed by atoms with Crippen molar-refractivity contribution in [2.24, 2.45) is 5.92 Å². The SMILES string of the molecule is COc1cc(/C=C/C(=O)N2CCC(C3OCCO3)CC2)cc2c1OCCO2. The summed E-state index contributed by atoms with van der Waals surface area (Å²) in [6.07, 6.45) is 5.11. The van der Waals surface area contributed by atoms with Crippen molar-refractivity contribution in [2.45, 2.75) is 19.1 Å². The van der Waals surface area contributed by atoms with Gasteiger partial charge in [-0.1, -0.05) is 0 Å². The van der Waals surface area contributed by atoms with E-state index in [2.05, 4.69) is 0 Å². The van der Waals surface area contributed by atoms with Gasteiger partial charge in [-0.3, -0.25) is 4.79 Å². The van der Waals surface area contributed by atoms with Crippen molar-refractivity contribution in [1.82, 2.24) is 4.90 Å². The summed E-state index contributed by atoms with van der Waals surface area (Å²) in [6.45, 7) is 3.80. The van der Waals surface area contributed by atoms with Gasteiger partial charge in [0.1, 0.15) is 13.2 Å². The Bertz CT molecular complexity index is 687. The highest BCUT2D eigenvalue weighted by Crippen LogP contribution is 2.40. The maximum absolute atomic E-state index is 12.5. The number of nitrogens with zero attached hydrogens (tertiary/aromatic N) is 1. The predicted molar refractivity (Wildman–Crippen MR) is 98.0 cm³/mol. The van der Waals surface area contributed by atoms with E-state index >= 15 is 0 Å². The molecule has 1 aromatic carbocycles. The molecule has 0 atom stereocenters. The van der Waals surface area contributed by atoms with Gasteiger partial charge in [-0.2, -0.15) is 0 Å². The summed E-state index contributed by atoms with van der Waals surface area (Å²) in [5.74, 6) is 2.26. The van der Waals surface area contributed by atoms with E-state index in [1.807, 2.05) is 17.0 Å². The highest BCUT2D eigenvalue weighted by Gasteiger charge is 2.31. The Morgan fingerprint density at radius 1 is 1.11 bits per heavy atom. The van der Waals surface area contributed by atoms with E-state index in [1.54, 1.807) is 19.3 Å². The first-order valence-electron chi connectivity index (χ1n) is 9.42. The largest absolute Gasteiger partial charge is 0.493 e. The molecule has 3 heterocycles.